The van der Waals surface area contributed by atoms with Crippen LogP contribution in [-0.2, 0) is 30.4 Å². The van der Waals surface area contributed by atoms with Crippen LogP contribution in [-0.4, -0.2) is 55.4 Å². The molecular formula is C23H35N3O7. The Bertz CT molecular complexity index is 763. The predicted octanol–water partition coefficient (Wildman–Crippen LogP) is 2.66. The Morgan fingerprint density at radius 3 is 2.27 bits per heavy atom. The number of amides is 3. The lowest BCUT2D eigenvalue weighted by atomic mass is 10.1. The monoisotopic (exact) mass is 465 g/mol. The number of nitrogens with one attached hydrogen (secondary N) is 3. The molecule has 0 aromatic heterocycles. The lowest BCUT2D eigenvalue weighted by Gasteiger charge is -2.23. The minimum absolute atomic E-state index is 0.176. The fourth-order valence-electron chi connectivity index (χ4n) is 2.65. The van der Waals surface area contributed by atoms with Gasteiger partial charge in [-0.3, -0.25) is 9.59 Å². The highest BCUT2D eigenvalue weighted by molar-refractivity contribution is 5.88. The van der Waals surface area contributed by atoms with E-state index in [-0.39, 0.29) is 26.2 Å². The van der Waals surface area contributed by atoms with Crippen molar-refractivity contribution in [3.05, 3.63) is 35.9 Å². The molecule has 3 N–H and O–H groups in total. The van der Waals surface area contributed by atoms with E-state index in [1.54, 1.807) is 27.7 Å². The Morgan fingerprint density at radius 1 is 0.939 bits per heavy atom. The molecule has 3 amide bonds. The molecule has 0 saturated carbocycles. The van der Waals surface area contributed by atoms with E-state index in [1.807, 2.05) is 30.3 Å². The van der Waals surface area contributed by atoms with E-state index in [1.165, 1.54) is 0 Å². The third kappa shape index (κ3) is 13.7. The highest BCUT2D eigenvalue weighted by Gasteiger charge is 2.24. The minimum atomic E-state index is -0.903. The zero-order chi connectivity index (χ0) is 24.7. The summed E-state index contributed by atoms with van der Waals surface area (Å²) in [5, 5.41) is 7.63. The molecule has 0 aliphatic heterocycles. The first-order chi connectivity index (χ1) is 15.6. The Morgan fingerprint density at radius 2 is 1.64 bits per heavy atom. The largest absolute Gasteiger partial charge is 0.465 e. The van der Waals surface area contributed by atoms with Crippen molar-refractivity contribution in [1.29, 1.82) is 0 Å². The minimum Gasteiger partial charge on any atom is -0.465 e. The number of hydrogen-bond acceptors (Lipinski definition) is 7. The molecule has 0 spiro atoms. The van der Waals surface area contributed by atoms with Crippen LogP contribution in [0.15, 0.2) is 30.3 Å². The predicted molar refractivity (Wildman–Crippen MR) is 121 cm³/mol. The zero-order valence-electron chi connectivity index (χ0n) is 19.8. The van der Waals surface area contributed by atoms with Gasteiger partial charge in [-0.2, -0.15) is 0 Å². The third-order valence-electron chi connectivity index (χ3n) is 4.12. The Hall–Kier alpha value is -3.30. The summed E-state index contributed by atoms with van der Waals surface area (Å²) in [5.74, 6) is -1.09. The van der Waals surface area contributed by atoms with E-state index in [0.717, 1.165) is 5.56 Å². The number of carbonyl (C=O) groups is 4. The van der Waals surface area contributed by atoms with Crippen LogP contribution in [0.3, 0.4) is 0 Å². The van der Waals surface area contributed by atoms with Crippen molar-refractivity contribution >= 4 is 24.1 Å². The Balaban J connectivity index is 2.43. The molecule has 0 aliphatic carbocycles. The summed E-state index contributed by atoms with van der Waals surface area (Å²) in [4.78, 5) is 47.8. The summed E-state index contributed by atoms with van der Waals surface area (Å²) < 4.78 is 15.1. The third-order valence-corrected chi connectivity index (χ3v) is 4.12. The van der Waals surface area contributed by atoms with Gasteiger partial charge in [0.2, 0.25) is 5.91 Å². The number of alkyl carbamates (subject to hydrolysis) is 2. The molecule has 1 aromatic rings. The Kier molecular flexibility index (Phi) is 12.4. The molecule has 0 saturated heterocycles. The molecule has 1 atom stereocenters. The first kappa shape index (κ1) is 27.7. The molecular weight excluding hydrogens is 430 g/mol. The van der Waals surface area contributed by atoms with Crippen molar-refractivity contribution in [3.8, 4) is 0 Å². The van der Waals surface area contributed by atoms with E-state index in [2.05, 4.69) is 16.0 Å². The van der Waals surface area contributed by atoms with Gasteiger partial charge in [0, 0.05) is 6.54 Å². The fourth-order valence-corrected chi connectivity index (χ4v) is 2.65. The maximum absolute atomic E-state index is 12.5. The van der Waals surface area contributed by atoms with E-state index < -0.39 is 35.7 Å². The average Bonchev–Trinajstić information content (AvgIpc) is 2.74. The van der Waals surface area contributed by atoms with Gasteiger partial charge in [0.15, 0.2) is 0 Å². The summed E-state index contributed by atoms with van der Waals surface area (Å²) in [6, 6.07) is 8.42. The van der Waals surface area contributed by atoms with Crippen LogP contribution in [0.4, 0.5) is 9.59 Å². The smallest absolute Gasteiger partial charge is 0.408 e. The molecule has 0 radical (unpaired) electrons. The van der Waals surface area contributed by atoms with Crippen LogP contribution in [0.2, 0.25) is 0 Å². The maximum Gasteiger partial charge on any atom is 0.408 e. The number of ether oxygens (including phenoxy) is 3. The van der Waals surface area contributed by atoms with Crippen LogP contribution in [0.1, 0.15) is 52.5 Å². The van der Waals surface area contributed by atoms with Crippen LogP contribution < -0.4 is 16.0 Å². The summed E-state index contributed by atoms with van der Waals surface area (Å²) in [7, 11) is 0. The second-order valence-electron chi connectivity index (χ2n) is 8.21. The SMILES string of the molecule is CCOC(=O)CNC(=O)[C@H](CCCCNC(=O)OCc1ccccc1)NC(=O)OC(C)(C)C. The number of carbonyl (C=O) groups excluding carboxylic acids is 4. The molecule has 184 valence electrons. The standard InChI is InChI=1S/C23H35N3O7/c1-5-31-19(27)15-25-20(28)18(26-22(30)33-23(2,3)4)13-9-10-14-24-21(29)32-16-17-11-7-6-8-12-17/h6-8,11-12,18H,5,9-10,13-16H2,1-4H3,(H,24,29)(H,25,28)(H,26,30)/t18-/m0/s1. The molecule has 0 heterocycles. The van der Waals surface area contributed by atoms with Crippen molar-refractivity contribution in [2.24, 2.45) is 0 Å². The van der Waals surface area contributed by atoms with Crippen molar-refractivity contribution in [2.75, 3.05) is 19.7 Å². The second-order valence-corrected chi connectivity index (χ2v) is 8.21. The zero-order valence-corrected chi connectivity index (χ0v) is 19.8. The second kappa shape index (κ2) is 14.7. The van der Waals surface area contributed by atoms with Crippen molar-refractivity contribution in [2.45, 2.75) is 65.2 Å². The van der Waals surface area contributed by atoms with Crippen molar-refractivity contribution in [3.63, 3.8) is 0 Å². The number of hydrogen-bond donors (Lipinski definition) is 3. The molecule has 33 heavy (non-hydrogen) atoms. The normalized spacial score (nSPS) is 11.6. The summed E-state index contributed by atoms with van der Waals surface area (Å²) in [6.07, 6.45) is 0.0924. The van der Waals surface area contributed by atoms with E-state index >= 15 is 0 Å². The highest BCUT2D eigenvalue weighted by atomic mass is 16.6. The van der Waals surface area contributed by atoms with Gasteiger partial charge in [0.05, 0.1) is 6.61 Å². The van der Waals surface area contributed by atoms with E-state index in [4.69, 9.17) is 14.2 Å². The quantitative estimate of drug-likeness (QED) is 0.246. The number of unbranched alkanes of at least 4 members (excludes halogenated alkanes) is 1. The van der Waals surface area contributed by atoms with Gasteiger partial charge in [-0.1, -0.05) is 30.3 Å². The van der Waals surface area contributed by atoms with Gasteiger partial charge in [-0.15, -0.1) is 0 Å². The molecule has 1 aromatic carbocycles. The van der Waals surface area contributed by atoms with Gasteiger partial charge in [0.25, 0.3) is 0 Å². The molecule has 10 heteroatoms. The fraction of sp³-hybridized carbons (Fsp3) is 0.565. The molecule has 1 rings (SSSR count). The summed E-state index contributed by atoms with van der Waals surface area (Å²) >= 11 is 0. The lowest BCUT2D eigenvalue weighted by molar-refractivity contribution is -0.143. The highest BCUT2D eigenvalue weighted by Crippen LogP contribution is 2.08. The lowest BCUT2D eigenvalue weighted by Crippen LogP contribution is -2.49. The maximum atomic E-state index is 12.5. The van der Waals surface area contributed by atoms with Gasteiger partial charge >= 0.3 is 18.2 Å². The molecule has 0 bridgehead atoms. The van der Waals surface area contributed by atoms with E-state index in [9.17, 15) is 19.2 Å². The van der Waals surface area contributed by atoms with Crippen LogP contribution in [0.25, 0.3) is 0 Å². The van der Waals surface area contributed by atoms with Gasteiger partial charge in [-0.25, -0.2) is 9.59 Å². The van der Waals surface area contributed by atoms with Crippen LogP contribution in [0.5, 0.6) is 0 Å². The number of esters is 1. The van der Waals surface area contributed by atoms with Crippen LogP contribution >= 0.6 is 0 Å². The van der Waals surface area contributed by atoms with Gasteiger partial charge in [0.1, 0.15) is 24.8 Å². The first-order valence-electron chi connectivity index (χ1n) is 11.0. The van der Waals surface area contributed by atoms with E-state index in [0.29, 0.717) is 19.4 Å². The van der Waals surface area contributed by atoms with Gasteiger partial charge < -0.3 is 30.2 Å². The van der Waals surface area contributed by atoms with Crippen molar-refractivity contribution < 1.29 is 33.4 Å². The van der Waals surface area contributed by atoms with Gasteiger partial charge in [-0.05, 0) is 52.5 Å². The average molecular weight is 466 g/mol. The van der Waals surface area contributed by atoms with Crippen LogP contribution in [0, 0.1) is 0 Å². The Labute approximate surface area is 194 Å². The summed E-state index contributed by atoms with van der Waals surface area (Å²) in [6.45, 7) is 7.23. The first-order valence-corrected chi connectivity index (χ1v) is 11.0. The molecule has 10 nitrogen and oxygen atoms in total. The molecule has 0 aliphatic rings. The molecule has 0 fully saturated rings. The number of benzene rings is 1. The van der Waals surface area contributed by atoms with Crippen molar-refractivity contribution in [1.82, 2.24) is 16.0 Å². The topological polar surface area (TPSA) is 132 Å². The number of rotatable bonds is 12. The molecule has 0 unspecified atom stereocenters. The summed E-state index contributed by atoms with van der Waals surface area (Å²) in [5.41, 5.74) is 0.164.